The highest BCUT2D eigenvalue weighted by Gasteiger charge is 2.18. The Morgan fingerprint density at radius 1 is 1.50 bits per heavy atom. The molecular weight excluding hydrogens is 347 g/mol. The molecule has 0 atom stereocenters. The normalized spacial score (nSPS) is 12.3. The Morgan fingerprint density at radius 2 is 2.25 bits per heavy atom. The largest absolute Gasteiger partial charge is 0.396 e. The van der Waals surface area contributed by atoms with Crippen LogP contribution in [-0.4, -0.2) is 23.9 Å². The molecule has 2 N–H and O–H groups in total. The van der Waals surface area contributed by atoms with E-state index in [-0.39, 0.29) is 17.6 Å². The molecule has 24 heavy (non-hydrogen) atoms. The van der Waals surface area contributed by atoms with Gasteiger partial charge in [-0.1, -0.05) is 13.8 Å². The minimum atomic E-state index is -0.452. The van der Waals surface area contributed by atoms with Crippen molar-refractivity contribution in [2.75, 3.05) is 11.7 Å². The number of hydrogen-bond acceptors (Lipinski definition) is 5. The zero-order chi connectivity index (χ0) is 17.7. The van der Waals surface area contributed by atoms with E-state index in [4.69, 9.17) is 17.3 Å². The summed E-state index contributed by atoms with van der Waals surface area (Å²) in [5, 5.41) is 0.951. The molecule has 0 radical (unpaired) electrons. The van der Waals surface area contributed by atoms with Gasteiger partial charge < -0.3 is 5.73 Å². The summed E-state index contributed by atoms with van der Waals surface area (Å²) in [5.41, 5.74) is 7.84. The van der Waals surface area contributed by atoms with Gasteiger partial charge in [0, 0.05) is 17.7 Å². The van der Waals surface area contributed by atoms with Gasteiger partial charge >= 0.3 is 0 Å². The van der Waals surface area contributed by atoms with Crippen molar-refractivity contribution in [1.29, 1.82) is 0 Å². The van der Waals surface area contributed by atoms with E-state index in [2.05, 4.69) is 35.5 Å². The number of nitrogens with zero attached hydrogens (tertiary/aromatic N) is 3. The zero-order valence-corrected chi connectivity index (χ0v) is 15.0. The highest BCUT2D eigenvalue weighted by Crippen LogP contribution is 2.37. The van der Waals surface area contributed by atoms with E-state index in [9.17, 15) is 4.39 Å². The molecule has 0 saturated heterocycles. The molecular formula is C17H18ClFN4S. The second-order valence-electron chi connectivity index (χ2n) is 5.28. The van der Waals surface area contributed by atoms with Crippen LogP contribution < -0.4 is 5.73 Å². The molecule has 2 rings (SSSR count). The summed E-state index contributed by atoms with van der Waals surface area (Å²) in [4.78, 5) is 13.5. The minimum absolute atomic E-state index is 0.0818. The molecule has 1 aromatic carbocycles. The average Bonchev–Trinajstić information content (AvgIpc) is 2.99. The number of nitrogens with two attached hydrogens (primary N) is 1. The van der Waals surface area contributed by atoms with Crippen LogP contribution in [0.1, 0.15) is 29.7 Å². The summed E-state index contributed by atoms with van der Waals surface area (Å²) >= 11 is 7.07. The van der Waals surface area contributed by atoms with E-state index in [1.807, 2.05) is 0 Å². The Kier molecular flexibility index (Phi) is 6.23. The Labute approximate surface area is 149 Å². The number of hydrogen-bond donors (Lipinski definition) is 1. The lowest BCUT2D eigenvalue weighted by molar-refractivity contribution is 0.632. The van der Waals surface area contributed by atoms with Crippen molar-refractivity contribution in [2.45, 2.75) is 19.8 Å². The van der Waals surface area contributed by atoms with Crippen molar-refractivity contribution in [1.82, 2.24) is 4.98 Å². The first kappa shape index (κ1) is 18.3. The Bertz CT molecular complexity index is 796. The number of alkyl halides is 1. The van der Waals surface area contributed by atoms with Crippen LogP contribution in [0.4, 0.5) is 10.1 Å². The van der Waals surface area contributed by atoms with Crippen LogP contribution in [0, 0.1) is 5.82 Å². The fraction of sp³-hybridized carbons (Fsp3) is 0.235. The van der Waals surface area contributed by atoms with E-state index in [0.29, 0.717) is 11.4 Å². The number of aliphatic imine (C=N–C) groups is 2. The number of halogens is 2. The Hall–Kier alpha value is -2.05. The van der Waals surface area contributed by atoms with Crippen LogP contribution in [0.25, 0.3) is 17.0 Å². The molecule has 7 heteroatoms. The molecule has 0 aliphatic carbocycles. The number of allylic oxidation sites excluding steroid dienone is 1. The lowest BCUT2D eigenvalue weighted by Gasteiger charge is -2.04. The summed E-state index contributed by atoms with van der Waals surface area (Å²) in [6.07, 6.45) is 3.30. The average molecular weight is 365 g/mol. The molecule has 0 unspecified atom stereocenters. The number of benzene rings is 1. The van der Waals surface area contributed by atoms with Gasteiger partial charge in [0.1, 0.15) is 11.8 Å². The molecule has 0 aliphatic rings. The third-order valence-corrected chi connectivity index (χ3v) is 4.73. The number of rotatable bonds is 6. The van der Waals surface area contributed by atoms with Crippen LogP contribution >= 0.6 is 22.9 Å². The van der Waals surface area contributed by atoms with Crippen LogP contribution in [0.2, 0.25) is 0 Å². The van der Waals surface area contributed by atoms with Gasteiger partial charge in [0.2, 0.25) is 0 Å². The molecule has 2 aromatic rings. The molecule has 1 heterocycles. The maximum atomic E-state index is 13.5. The molecule has 126 valence electrons. The first-order valence-electron chi connectivity index (χ1n) is 7.27. The molecule has 0 fully saturated rings. The molecule has 0 spiro atoms. The van der Waals surface area contributed by atoms with Gasteiger partial charge in [0.25, 0.3) is 0 Å². The van der Waals surface area contributed by atoms with Crippen molar-refractivity contribution in [3.8, 4) is 11.3 Å². The summed E-state index contributed by atoms with van der Waals surface area (Å²) < 4.78 is 13.5. The molecule has 1 aromatic heterocycles. The van der Waals surface area contributed by atoms with Gasteiger partial charge in [-0.3, -0.25) is 9.98 Å². The minimum Gasteiger partial charge on any atom is -0.396 e. The predicted octanol–water partition coefficient (Wildman–Crippen LogP) is 4.96. The third-order valence-electron chi connectivity index (χ3n) is 3.22. The first-order valence-corrected chi connectivity index (χ1v) is 8.62. The van der Waals surface area contributed by atoms with Gasteiger partial charge in [-0.15, -0.1) is 22.9 Å². The fourth-order valence-electron chi connectivity index (χ4n) is 2.01. The van der Waals surface area contributed by atoms with E-state index < -0.39 is 5.82 Å². The van der Waals surface area contributed by atoms with Gasteiger partial charge in [-0.05, 0) is 31.0 Å². The maximum absolute atomic E-state index is 13.5. The zero-order valence-electron chi connectivity index (χ0n) is 13.5. The van der Waals surface area contributed by atoms with E-state index in [1.165, 1.54) is 17.4 Å². The van der Waals surface area contributed by atoms with Gasteiger partial charge in [0.15, 0.2) is 0 Å². The van der Waals surface area contributed by atoms with Gasteiger partial charge in [-0.2, -0.15) is 0 Å². The fourth-order valence-corrected chi connectivity index (χ4v) is 3.17. The molecule has 4 nitrogen and oxygen atoms in total. The van der Waals surface area contributed by atoms with Crippen LogP contribution in [0.15, 0.2) is 34.3 Å². The number of thiazole rings is 1. The lowest BCUT2D eigenvalue weighted by atomic mass is 10.1. The van der Waals surface area contributed by atoms with Crippen LogP contribution in [0.5, 0.6) is 0 Å². The highest BCUT2D eigenvalue weighted by molar-refractivity contribution is 7.13. The van der Waals surface area contributed by atoms with Gasteiger partial charge in [-0.25, -0.2) is 9.37 Å². The molecule has 0 aliphatic heterocycles. The smallest absolute Gasteiger partial charge is 0.146 e. The van der Waals surface area contributed by atoms with E-state index in [0.717, 1.165) is 15.4 Å². The summed E-state index contributed by atoms with van der Waals surface area (Å²) in [5.74, 6) is -0.200. The maximum Gasteiger partial charge on any atom is 0.146 e. The van der Waals surface area contributed by atoms with Crippen molar-refractivity contribution >= 4 is 47.3 Å². The van der Waals surface area contributed by atoms with Crippen LogP contribution in [0.3, 0.4) is 0 Å². The second-order valence-corrected chi connectivity index (χ2v) is 6.55. The highest BCUT2D eigenvalue weighted by atomic mass is 35.5. The molecule has 0 amide bonds. The summed E-state index contributed by atoms with van der Waals surface area (Å²) in [6.45, 7) is 7.74. The Balaban J connectivity index is 2.61. The van der Waals surface area contributed by atoms with E-state index in [1.54, 1.807) is 24.4 Å². The van der Waals surface area contributed by atoms with Crippen LogP contribution in [-0.2, 0) is 0 Å². The van der Waals surface area contributed by atoms with Crippen molar-refractivity contribution in [3.63, 3.8) is 0 Å². The number of nitrogen functional groups attached to an aromatic ring is 1. The van der Waals surface area contributed by atoms with Gasteiger partial charge in [0.05, 0.1) is 27.0 Å². The lowest BCUT2D eigenvalue weighted by Crippen LogP contribution is -1.93. The molecule has 0 saturated carbocycles. The topological polar surface area (TPSA) is 63.6 Å². The van der Waals surface area contributed by atoms with Crippen molar-refractivity contribution < 1.29 is 4.39 Å². The monoisotopic (exact) mass is 364 g/mol. The van der Waals surface area contributed by atoms with Crippen molar-refractivity contribution in [3.05, 3.63) is 40.0 Å². The predicted molar refractivity (Wildman–Crippen MR) is 103 cm³/mol. The third kappa shape index (κ3) is 4.07. The standard InChI is InChI=1S/C17H18ClFN4S/c1-10(2)17-23-15(11-4-5-12(19)13(20)8-11)16(24-17)14(21-3)6-7-22-9-18/h4-8,10H,3,9,20H2,1-2H3/b14-6-,22-7-. The van der Waals surface area contributed by atoms with E-state index >= 15 is 0 Å². The van der Waals surface area contributed by atoms with Crippen molar-refractivity contribution in [2.24, 2.45) is 9.98 Å². The number of anilines is 1. The number of aromatic nitrogens is 1. The SMILES string of the molecule is C=N/C(=C\C=N/CCl)c1sc(C(C)C)nc1-c1ccc(F)c(N)c1. The quantitative estimate of drug-likeness (QED) is 0.340. The summed E-state index contributed by atoms with van der Waals surface area (Å²) in [7, 11) is 0. The summed E-state index contributed by atoms with van der Waals surface area (Å²) in [6, 6.07) is 4.73. The Morgan fingerprint density at radius 3 is 2.83 bits per heavy atom. The first-order chi connectivity index (χ1) is 11.5. The second kappa shape index (κ2) is 8.17. The molecule has 0 bridgehead atoms.